The van der Waals surface area contributed by atoms with Gasteiger partial charge in [0.25, 0.3) is 0 Å². The van der Waals surface area contributed by atoms with Crippen LogP contribution in [0.2, 0.25) is 0 Å². The minimum Gasteiger partial charge on any atom is -0.378 e. The Morgan fingerprint density at radius 2 is 1.90 bits per heavy atom. The highest BCUT2D eigenvalue weighted by Gasteiger charge is 2.14. The van der Waals surface area contributed by atoms with E-state index in [2.05, 4.69) is 25.5 Å². The Hall–Kier alpha value is -3.23. The number of benzene rings is 1. The Bertz CT molecular complexity index is 1010. The van der Waals surface area contributed by atoms with Gasteiger partial charge in [0, 0.05) is 47.2 Å². The summed E-state index contributed by atoms with van der Waals surface area (Å²) in [4.78, 5) is 24.4. The second kappa shape index (κ2) is 9.51. The molecule has 1 amide bonds. The molecule has 3 heterocycles. The first-order valence-corrected chi connectivity index (χ1v) is 10.6. The molecule has 0 spiro atoms. The number of nitrogens with one attached hydrogen (secondary N) is 2. The summed E-state index contributed by atoms with van der Waals surface area (Å²) in [6, 6.07) is 13.4. The van der Waals surface area contributed by atoms with E-state index in [-0.39, 0.29) is 5.91 Å². The summed E-state index contributed by atoms with van der Waals surface area (Å²) in [5, 5.41) is 8.08. The van der Waals surface area contributed by atoms with Gasteiger partial charge in [-0.05, 0) is 48.7 Å². The van der Waals surface area contributed by atoms with Gasteiger partial charge in [-0.3, -0.25) is 4.79 Å². The van der Waals surface area contributed by atoms with Crippen molar-refractivity contribution in [2.75, 3.05) is 41.8 Å². The van der Waals surface area contributed by atoms with E-state index in [0.29, 0.717) is 19.2 Å². The van der Waals surface area contributed by atoms with Gasteiger partial charge in [0.15, 0.2) is 0 Å². The molecule has 1 fully saturated rings. The number of anilines is 4. The van der Waals surface area contributed by atoms with Crippen molar-refractivity contribution in [2.24, 2.45) is 0 Å². The highest BCUT2D eigenvalue weighted by atomic mass is 32.1. The van der Waals surface area contributed by atoms with E-state index in [0.717, 1.165) is 40.9 Å². The van der Waals surface area contributed by atoms with E-state index in [1.54, 1.807) is 17.4 Å². The van der Waals surface area contributed by atoms with E-state index in [1.807, 2.05) is 54.8 Å². The summed E-state index contributed by atoms with van der Waals surface area (Å²) < 4.78 is 5.42. The summed E-state index contributed by atoms with van der Waals surface area (Å²) in [6.07, 6.45) is 3.34. The second-order valence-corrected chi connectivity index (χ2v) is 7.81. The van der Waals surface area contributed by atoms with Crippen LogP contribution >= 0.6 is 11.3 Å². The van der Waals surface area contributed by atoms with Crippen molar-refractivity contribution in [1.29, 1.82) is 0 Å². The van der Waals surface area contributed by atoms with Gasteiger partial charge in [0.1, 0.15) is 5.82 Å². The van der Waals surface area contributed by atoms with Crippen molar-refractivity contribution in [3.8, 4) is 0 Å². The molecule has 154 valence electrons. The average molecular weight is 422 g/mol. The number of ether oxygens (including phenoxy) is 1. The van der Waals surface area contributed by atoms with Crippen molar-refractivity contribution in [2.45, 2.75) is 6.92 Å². The van der Waals surface area contributed by atoms with Crippen molar-refractivity contribution < 1.29 is 9.53 Å². The van der Waals surface area contributed by atoms with Crippen LogP contribution in [0.4, 0.5) is 23.1 Å². The first-order chi connectivity index (χ1) is 14.7. The highest BCUT2D eigenvalue weighted by Crippen LogP contribution is 2.21. The molecule has 0 saturated carbocycles. The fraction of sp³-hybridized carbons (Fsp3) is 0.227. The van der Waals surface area contributed by atoms with Crippen LogP contribution < -0.4 is 15.5 Å². The molecule has 0 bridgehead atoms. The van der Waals surface area contributed by atoms with E-state index in [4.69, 9.17) is 4.74 Å². The maximum atomic E-state index is 12.1. The van der Waals surface area contributed by atoms with Crippen LogP contribution in [0.3, 0.4) is 0 Å². The number of amides is 1. The number of carbonyl (C=O) groups is 1. The van der Waals surface area contributed by atoms with Crippen LogP contribution in [0.5, 0.6) is 0 Å². The standard InChI is InChI=1S/C22H23N5O2S/c1-16-15-20(27-10-12-29-13-11-27)26-22(23-16)25-18-6-4-17(5-7-18)24-21(28)9-8-19-3-2-14-30-19/h2-9,14-15H,10-13H2,1H3,(H,24,28)(H,23,25,26)/b9-8+. The molecule has 4 rings (SSSR count). The lowest BCUT2D eigenvalue weighted by Gasteiger charge is -2.28. The molecule has 7 nitrogen and oxygen atoms in total. The molecule has 0 atom stereocenters. The molecule has 1 aliphatic rings. The molecule has 3 aromatic rings. The molecular weight excluding hydrogens is 398 g/mol. The fourth-order valence-corrected chi connectivity index (χ4v) is 3.67. The lowest BCUT2D eigenvalue weighted by atomic mass is 10.2. The van der Waals surface area contributed by atoms with Crippen LogP contribution in [0.25, 0.3) is 6.08 Å². The van der Waals surface area contributed by atoms with Gasteiger partial charge in [-0.25, -0.2) is 4.98 Å². The van der Waals surface area contributed by atoms with E-state index in [1.165, 1.54) is 6.08 Å². The van der Waals surface area contributed by atoms with Gasteiger partial charge in [-0.2, -0.15) is 4.98 Å². The molecule has 0 aliphatic carbocycles. The van der Waals surface area contributed by atoms with E-state index < -0.39 is 0 Å². The van der Waals surface area contributed by atoms with Gasteiger partial charge >= 0.3 is 0 Å². The van der Waals surface area contributed by atoms with E-state index in [9.17, 15) is 4.79 Å². The number of thiophene rings is 1. The number of morpholine rings is 1. The molecule has 0 radical (unpaired) electrons. The monoisotopic (exact) mass is 421 g/mol. The normalized spacial score (nSPS) is 14.1. The number of aromatic nitrogens is 2. The maximum Gasteiger partial charge on any atom is 0.248 e. The predicted molar refractivity (Wildman–Crippen MR) is 122 cm³/mol. The van der Waals surface area contributed by atoms with Gasteiger partial charge in [-0.15, -0.1) is 11.3 Å². The number of carbonyl (C=O) groups excluding carboxylic acids is 1. The molecule has 1 aromatic carbocycles. The zero-order chi connectivity index (χ0) is 20.8. The van der Waals surface area contributed by atoms with Gasteiger partial charge < -0.3 is 20.3 Å². The Kier molecular flexibility index (Phi) is 6.36. The molecule has 8 heteroatoms. The maximum absolute atomic E-state index is 12.1. The van der Waals surface area contributed by atoms with Crippen molar-refractivity contribution in [3.05, 3.63) is 64.5 Å². The molecule has 1 aliphatic heterocycles. The summed E-state index contributed by atoms with van der Waals surface area (Å²) in [5.41, 5.74) is 2.47. The Balaban J connectivity index is 1.38. The first-order valence-electron chi connectivity index (χ1n) is 9.74. The predicted octanol–water partition coefficient (Wildman–Crippen LogP) is 4.08. The topological polar surface area (TPSA) is 79.4 Å². The first kappa shape index (κ1) is 20.1. The number of hydrogen-bond donors (Lipinski definition) is 2. The van der Waals surface area contributed by atoms with Gasteiger partial charge in [0.2, 0.25) is 11.9 Å². The molecule has 1 saturated heterocycles. The third-order valence-corrected chi connectivity index (χ3v) is 5.36. The number of rotatable bonds is 6. The van der Waals surface area contributed by atoms with Crippen LogP contribution in [0, 0.1) is 6.92 Å². The summed E-state index contributed by atoms with van der Waals surface area (Å²) in [6.45, 7) is 5.03. The third-order valence-electron chi connectivity index (χ3n) is 4.53. The Labute approximate surface area is 179 Å². The SMILES string of the molecule is Cc1cc(N2CCOCC2)nc(Nc2ccc(NC(=O)/C=C/c3cccs3)cc2)n1. The lowest BCUT2D eigenvalue weighted by Crippen LogP contribution is -2.36. The highest BCUT2D eigenvalue weighted by molar-refractivity contribution is 7.10. The van der Waals surface area contributed by atoms with Gasteiger partial charge in [0.05, 0.1) is 13.2 Å². The van der Waals surface area contributed by atoms with Crippen molar-refractivity contribution in [3.63, 3.8) is 0 Å². The summed E-state index contributed by atoms with van der Waals surface area (Å²) in [5.74, 6) is 1.28. The quantitative estimate of drug-likeness (QED) is 0.584. The van der Waals surface area contributed by atoms with Crippen LogP contribution in [-0.4, -0.2) is 42.2 Å². The zero-order valence-electron chi connectivity index (χ0n) is 16.7. The zero-order valence-corrected chi connectivity index (χ0v) is 17.5. The minimum atomic E-state index is -0.165. The molecule has 30 heavy (non-hydrogen) atoms. The van der Waals surface area contributed by atoms with Crippen LogP contribution in [0.1, 0.15) is 10.6 Å². The third kappa shape index (κ3) is 5.43. The summed E-state index contributed by atoms with van der Waals surface area (Å²) in [7, 11) is 0. The number of hydrogen-bond acceptors (Lipinski definition) is 7. The minimum absolute atomic E-state index is 0.165. The van der Waals surface area contributed by atoms with Gasteiger partial charge in [-0.1, -0.05) is 6.07 Å². The molecular formula is C22H23N5O2S. The Morgan fingerprint density at radius 3 is 2.63 bits per heavy atom. The fourth-order valence-electron chi connectivity index (χ4n) is 3.06. The number of aryl methyl sites for hydroxylation is 1. The second-order valence-electron chi connectivity index (χ2n) is 6.83. The average Bonchev–Trinajstić information content (AvgIpc) is 3.28. The summed E-state index contributed by atoms with van der Waals surface area (Å²) >= 11 is 1.59. The lowest BCUT2D eigenvalue weighted by molar-refractivity contribution is -0.111. The molecule has 2 aromatic heterocycles. The largest absolute Gasteiger partial charge is 0.378 e. The smallest absolute Gasteiger partial charge is 0.248 e. The Morgan fingerprint density at radius 1 is 1.13 bits per heavy atom. The van der Waals surface area contributed by atoms with E-state index >= 15 is 0 Å². The van der Waals surface area contributed by atoms with Crippen LogP contribution in [0.15, 0.2) is 53.9 Å². The van der Waals surface area contributed by atoms with Crippen molar-refractivity contribution in [1.82, 2.24) is 9.97 Å². The number of nitrogens with zero attached hydrogens (tertiary/aromatic N) is 3. The molecule has 2 N–H and O–H groups in total. The molecule has 0 unspecified atom stereocenters. The van der Waals surface area contributed by atoms with Crippen LogP contribution in [-0.2, 0) is 9.53 Å². The van der Waals surface area contributed by atoms with Crippen molar-refractivity contribution >= 4 is 46.5 Å².